The standard InChI is InChI=1S/C44H66FN5O9/c1-13-49(12)50-36-27(4)34(46)25(2)24-42(7,55-22-16-18-30-17-14-20-32-31(30)19-15-21-47-32)38(58-39-35(51)33(48(10)11)23-26(3)56-39)28(5)37(52)43(8,45)40(53)57-29(6)44(36,9)59-41(50)54/h14-21,25-29,33-36,38-39,51H,13,22-24,46H2,1-12H3/b18-16+/t25-,26-,27+,28+,29-,33+,34?,35-,36-,38-,39+,42+,43?,44-/m1/s1. The number of esters is 1. The number of Topliss-reactive ketones (excluding diaryl/α,β-unsaturated/α-hetero) is 1. The molecular weight excluding hydrogens is 762 g/mol. The normalized spacial score (nSPS) is 39.1. The number of nitrogens with zero attached hydrogens (tertiary/aromatic N) is 4. The number of fused-ring (bicyclic) bond motifs is 2. The van der Waals surface area contributed by atoms with Crippen molar-refractivity contribution in [2.45, 2.75) is 141 Å². The van der Waals surface area contributed by atoms with Crippen LogP contribution in [-0.2, 0) is 33.3 Å². The minimum absolute atomic E-state index is 0.0286. The largest absolute Gasteiger partial charge is 0.456 e. The minimum Gasteiger partial charge on any atom is -0.456 e. The first kappa shape index (κ1) is 46.5. The number of hydrazine groups is 1. The van der Waals surface area contributed by atoms with E-state index in [-0.39, 0.29) is 31.1 Å². The molecule has 0 spiro atoms. The second kappa shape index (κ2) is 18.2. The Kier molecular flexibility index (Phi) is 14.3. The second-order valence-electron chi connectivity index (χ2n) is 17.7. The predicted octanol–water partition coefficient (Wildman–Crippen LogP) is 5.15. The Morgan fingerprint density at radius 3 is 2.42 bits per heavy atom. The summed E-state index contributed by atoms with van der Waals surface area (Å²) in [5.74, 6) is -4.76. The number of rotatable bonds is 9. The number of pyridine rings is 1. The van der Waals surface area contributed by atoms with Gasteiger partial charge in [-0.2, -0.15) is 0 Å². The molecule has 0 saturated carbocycles. The van der Waals surface area contributed by atoms with E-state index in [4.69, 9.17) is 29.4 Å². The van der Waals surface area contributed by atoms with E-state index >= 15 is 4.39 Å². The Morgan fingerprint density at radius 2 is 1.76 bits per heavy atom. The molecule has 0 aliphatic carbocycles. The molecule has 59 heavy (non-hydrogen) atoms. The first-order valence-electron chi connectivity index (χ1n) is 20.8. The molecule has 0 radical (unpaired) electrons. The van der Waals surface area contributed by atoms with Crippen LogP contribution in [0, 0.1) is 17.8 Å². The molecule has 3 aliphatic heterocycles. The monoisotopic (exact) mass is 827 g/mol. The molecule has 3 fully saturated rings. The van der Waals surface area contributed by atoms with Crippen LogP contribution >= 0.6 is 0 Å². The summed E-state index contributed by atoms with van der Waals surface area (Å²) in [6, 6.07) is 7.92. The van der Waals surface area contributed by atoms with Gasteiger partial charge in [-0.1, -0.05) is 58.0 Å². The Hall–Kier alpha value is -3.57. The number of alkyl halides is 1. The fourth-order valence-electron chi connectivity index (χ4n) is 9.32. The third-order valence-corrected chi connectivity index (χ3v) is 13.1. The van der Waals surface area contributed by atoms with Crippen LogP contribution in [0.25, 0.3) is 17.0 Å². The number of cyclic esters (lactones) is 1. The molecule has 3 saturated heterocycles. The Bertz CT molecular complexity index is 1840. The van der Waals surface area contributed by atoms with Crippen molar-refractivity contribution in [3.05, 3.63) is 48.2 Å². The van der Waals surface area contributed by atoms with Gasteiger partial charge in [0.05, 0.1) is 36.0 Å². The van der Waals surface area contributed by atoms with Crippen molar-refractivity contribution in [3.63, 3.8) is 0 Å². The predicted molar refractivity (Wildman–Crippen MR) is 221 cm³/mol. The van der Waals surface area contributed by atoms with Gasteiger partial charge in [-0.15, -0.1) is 0 Å². The SMILES string of the molecule is CCN(C)N1C(=O)O[C@]2(C)[C@@H](C)OC(=O)C(C)(F)C(=O)[C@H](C)[C@@H](O[C@@H]3O[C@H](C)C[C@H](N(C)C)[C@H]3O)[C@@](C)(OC/C=C/c3cccc4ncccc34)C[C@@H](C)C(N)[C@H](C)[C@@H]12. The van der Waals surface area contributed by atoms with Crippen molar-refractivity contribution in [1.29, 1.82) is 0 Å². The third-order valence-electron chi connectivity index (χ3n) is 13.1. The number of ether oxygens (including phenoxy) is 5. The van der Waals surface area contributed by atoms with Crippen molar-refractivity contribution < 1.29 is 47.6 Å². The van der Waals surface area contributed by atoms with Gasteiger partial charge in [0.15, 0.2) is 17.7 Å². The first-order valence-corrected chi connectivity index (χ1v) is 20.8. The number of hydrogen-bond donors (Lipinski definition) is 2. The number of aromatic nitrogens is 1. The Morgan fingerprint density at radius 1 is 1.07 bits per heavy atom. The zero-order chi connectivity index (χ0) is 43.8. The average molecular weight is 828 g/mol. The lowest BCUT2D eigenvalue weighted by Crippen LogP contribution is -2.63. The summed E-state index contributed by atoms with van der Waals surface area (Å²) in [5, 5.41) is 15.8. The number of carbonyl (C=O) groups excluding carboxylic acids is 3. The number of benzene rings is 1. The highest BCUT2D eigenvalue weighted by molar-refractivity contribution is 6.07. The van der Waals surface area contributed by atoms with Gasteiger partial charge in [0, 0.05) is 43.2 Å². The topological polar surface area (TPSA) is 166 Å². The van der Waals surface area contributed by atoms with E-state index < -0.39 is 83.2 Å². The number of hydrogen-bond acceptors (Lipinski definition) is 13. The number of amides is 1. The average Bonchev–Trinajstić information content (AvgIpc) is 3.47. The highest BCUT2D eigenvalue weighted by Gasteiger charge is 2.62. The number of carbonyl (C=O) groups is 3. The molecule has 2 aromatic rings. The molecule has 5 rings (SSSR count). The summed E-state index contributed by atoms with van der Waals surface area (Å²) < 4.78 is 48.6. The zero-order valence-corrected chi connectivity index (χ0v) is 36.8. The lowest BCUT2D eigenvalue weighted by molar-refractivity contribution is -0.297. The number of aliphatic hydroxyl groups is 1. The second-order valence-corrected chi connectivity index (χ2v) is 17.7. The van der Waals surface area contributed by atoms with Crippen LogP contribution in [0.15, 0.2) is 42.6 Å². The van der Waals surface area contributed by atoms with Crippen molar-refractivity contribution in [2.24, 2.45) is 23.5 Å². The molecule has 328 valence electrons. The fraction of sp³-hybridized carbons (Fsp3) is 0.682. The molecule has 14 atom stereocenters. The number of likely N-dealkylation sites (N-methyl/N-ethyl adjacent to an activating group) is 1. The van der Waals surface area contributed by atoms with E-state index in [1.54, 1.807) is 32.1 Å². The number of ketones is 1. The maximum absolute atomic E-state index is 17.0. The van der Waals surface area contributed by atoms with Crippen LogP contribution in [0.4, 0.5) is 9.18 Å². The summed E-state index contributed by atoms with van der Waals surface area (Å²) in [5.41, 5.74) is 2.88. The molecule has 2 unspecified atom stereocenters. The molecule has 14 nitrogen and oxygen atoms in total. The van der Waals surface area contributed by atoms with Gasteiger partial charge in [-0.3, -0.25) is 9.78 Å². The summed E-state index contributed by atoms with van der Waals surface area (Å²) in [4.78, 5) is 48.4. The summed E-state index contributed by atoms with van der Waals surface area (Å²) in [6.07, 6.45) is 0.316. The smallest absolute Gasteiger partial charge is 0.425 e. The van der Waals surface area contributed by atoms with Crippen molar-refractivity contribution in [2.75, 3.05) is 34.3 Å². The molecule has 3 aliphatic rings. The maximum atomic E-state index is 17.0. The molecule has 1 amide bonds. The molecule has 0 bridgehead atoms. The maximum Gasteiger partial charge on any atom is 0.425 e. The van der Waals surface area contributed by atoms with E-state index in [2.05, 4.69) is 4.98 Å². The van der Waals surface area contributed by atoms with Gasteiger partial charge in [0.25, 0.3) is 5.67 Å². The first-order chi connectivity index (χ1) is 27.6. The Balaban J connectivity index is 1.62. The lowest BCUT2D eigenvalue weighted by Gasteiger charge is -2.48. The van der Waals surface area contributed by atoms with Crippen LogP contribution in [0.3, 0.4) is 0 Å². The highest BCUT2D eigenvalue weighted by atomic mass is 19.1. The van der Waals surface area contributed by atoms with Crippen LogP contribution in [0.1, 0.15) is 80.7 Å². The Labute approximate surface area is 348 Å². The van der Waals surface area contributed by atoms with E-state index in [1.165, 1.54) is 18.9 Å². The van der Waals surface area contributed by atoms with Crippen molar-refractivity contribution in [1.82, 2.24) is 19.9 Å². The molecule has 15 heteroatoms. The highest BCUT2D eigenvalue weighted by Crippen LogP contribution is 2.44. The van der Waals surface area contributed by atoms with Crippen molar-refractivity contribution in [3.8, 4) is 0 Å². The van der Waals surface area contributed by atoms with Crippen LogP contribution in [-0.4, -0.2) is 143 Å². The molecule has 1 aromatic carbocycles. The molecule has 4 heterocycles. The quantitative estimate of drug-likeness (QED) is 0.252. The van der Waals surface area contributed by atoms with Gasteiger partial charge in [-0.25, -0.2) is 24.0 Å². The zero-order valence-electron chi connectivity index (χ0n) is 36.8. The summed E-state index contributed by atoms with van der Waals surface area (Å²) >= 11 is 0. The minimum atomic E-state index is -3.17. The summed E-state index contributed by atoms with van der Waals surface area (Å²) in [6.45, 7) is 15.4. The van der Waals surface area contributed by atoms with E-state index in [1.807, 2.05) is 89.2 Å². The fourth-order valence-corrected chi connectivity index (χ4v) is 9.32. The van der Waals surface area contributed by atoms with Crippen molar-refractivity contribution >= 4 is 34.8 Å². The van der Waals surface area contributed by atoms with E-state index in [0.29, 0.717) is 13.0 Å². The lowest BCUT2D eigenvalue weighted by atomic mass is 9.72. The molecular formula is C44H66FN5O9. The van der Waals surface area contributed by atoms with E-state index in [0.717, 1.165) is 23.4 Å². The van der Waals surface area contributed by atoms with Crippen LogP contribution < -0.4 is 5.73 Å². The van der Waals surface area contributed by atoms with Crippen LogP contribution in [0.5, 0.6) is 0 Å². The van der Waals surface area contributed by atoms with Gasteiger partial charge in [0.1, 0.15) is 12.2 Å². The number of aliphatic hydroxyl groups excluding tert-OH is 1. The van der Waals surface area contributed by atoms with Gasteiger partial charge < -0.3 is 39.4 Å². The van der Waals surface area contributed by atoms with Gasteiger partial charge in [-0.05, 0) is 91.1 Å². The summed E-state index contributed by atoms with van der Waals surface area (Å²) in [7, 11) is 5.44. The van der Waals surface area contributed by atoms with E-state index in [9.17, 15) is 19.5 Å². The molecule has 1 aromatic heterocycles. The third kappa shape index (κ3) is 9.21. The number of halogens is 1. The van der Waals surface area contributed by atoms with Gasteiger partial charge in [0.2, 0.25) is 0 Å². The molecule has 3 N–H and O–H groups in total. The van der Waals surface area contributed by atoms with Crippen LogP contribution in [0.2, 0.25) is 0 Å². The number of nitrogens with two attached hydrogens (primary N) is 1. The van der Waals surface area contributed by atoms with Gasteiger partial charge >= 0.3 is 12.1 Å².